The lowest BCUT2D eigenvalue weighted by Gasteiger charge is -2.24. The number of ether oxygens (including phenoxy) is 1. The molecule has 4 rings (SSSR count). The molecule has 5 nitrogen and oxygen atoms in total. The minimum absolute atomic E-state index is 0.0101. The van der Waals surface area contributed by atoms with Crippen LogP contribution in [0, 0.1) is 5.82 Å². The van der Waals surface area contributed by atoms with Gasteiger partial charge in [0.1, 0.15) is 16.4 Å². The van der Waals surface area contributed by atoms with Gasteiger partial charge in [0.15, 0.2) is 0 Å². The van der Waals surface area contributed by atoms with Crippen molar-refractivity contribution in [1.82, 2.24) is 0 Å². The molecular weight excluding hydrogens is 405 g/mol. The molecule has 0 unspecified atom stereocenters. The number of anilines is 1. The maximum absolute atomic E-state index is 13.4. The number of fused-ring (bicyclic) bond motifs is 1. The van der Waals surface area contributed by atoms with Crippen LogP contribution in [0.25, 0.3) is 11.1 Å². The molecule has 7 heteroatoms. The Morgan fingerprint density at radius 2 is 1.97 bits per heavy atom. The third-order valence-corrected chi connectivity index (χ3v) is 6.16. The molecule has 0 radical (unpaired) electrons. The van der Waals surface area contributed by atoms with Crippen molar-refractivity contribution >= 4 is 28.9 Å². The number of benzene rings is 2. The molecule has 30 heavy (non-hydrogen) atoms. The Morgan fingerprint density at radius 3 is 2.63 bits per heavy atom. The number of aromatic carboxylic acids is 1. The summed E-state index contributed by atoms with van der Waals surface area (Å²) in [6.45, 7) is 3.87. The van der Waals surface area contributed by atoms with Crippen LogP contribution in [0.1, 0.15) is 46.3 Å². The van der Waals surface area contributed by atoms with E-state index in [-0.39, 0.29) is 29.2 Å². The SMILES string of the molecule is CC(C)Oc1cccc([C@@H]2CC(=O)Nc3c2sc(C(=O)O)c3-c2ccc(F)cc2)c1. The van der Waals surface area contributed by atoms with Crippen LogP contribution in [-0.4, -0.2) is 23.1 Å². The van der Waals surface area contributed by atoms with Crippen molar-refractivity contribution in [3.05, 3.63) is 69.7 Å². The van der Waals surface area contributed by atoms with Gasteiger partial charge in [0.2, 0.25) is 5.91 Å². The van der Waals surface area contributed by atoms with E-state index in [1.54, 1.807) is 0 Å². The highest BCUT2D eigenvalue weighted by atomic mass is 32.1. The highest BCUT2D eigenvalue weighted by Crippen LogP contribution is 2.49. The van der Waals surface area contributed by atoms with Gasteiger partial charge in [-0.2, -0.15) is 0 Å². The molecule has 1 amide bonds. The smallest absolute Gasteiger partial charge is 0.346 e. The van der Waals surface area contributed by atoms with Crippen molar-refractivity contribution in [2.24, 2.45) is 0 Å². The predicted molar refractivity (Wildman–Crippen MR) is 114 cm³/mol. The summed E-state index contributed by atoms with van der Waals surface area (Å²) in [4.78, 5) is 25.4. The van der Waals surface area contributed by atoms with Crippen molar-refractivity contribution in [2.45, 2.75) is 32.3 Å². The van der Waals surface area contributed by atoms with E-state index in [0.29, 0.717) is 22.6 Å². The summed E-state index contributed by atoms with van der Waals surface area (Å²) in [5.41, 5.74) is 2.33. The fourth-order valence-corrected chi connectivity index (χ4v) is 4.92. The highest BCUT2D eigenvalue weighted by Gasteiger charge is 2.34. The molecule has 0 saturated heterocycles. The van der Waals surface area contributed by atoms with Gasteiger partial charge in [-0.15, -0.1) is 11.3 Å². The molecule has 2 aromatic carbocycles. The molecule has 1 aliphatic heterocycles. The Hall–Kier alpha value is -3.19. The molecule has 0 spiro atoms. The topological polar surface area (TPSA) is 75.6 Å². The molecule has 1 aromatic heterocycles. The summed E-state index contributed by atoms with van der Waals surface area (Å²) in [5, 5.41) is 12.6. The van der Waals surface area contributed by atoms with E-state index in [0.717, 1.165) is 21.8 Å². The monoisotopic (exact) mass is 425 g/mol. The van der Waals surface area contributed by atoms with E-state index < -0.39 is 11.8 Å². The number of hydrogen-bond acceptors (Lipinski definition) is 4. The third kappa shape index (κ3) is 3.80. The predicted octanol–water partition coefficient (Wildman–Crippen LogP) is 5.51. The van der Waals surface area contributed by atoms with Gasteiger partial charge in [-0.1, -0.05) is 24.3 Å². The Balaban J connectivity index is 1.86. The van der Waals surface area contributed by atoms with E-state index in [9.17, 15) is 19.1 Å². The van der Waals surface area contributed by atoms with Crippen molar-refractivity contribution in [1.29, 1.82) is 0 Å². The zero-order valence-corrected chi connectivity index (χ0v) is 17.3. The van der Waals surface area contributed by atoms with Crippen LogP contribution in [0.5, 0.6) is 5.75 Å². The maximum Gasteiger partial charge on any atom is 0.346 e. The maximum atomic E-state index is 13.4. The zero-order chi connectivity index (χ0) is 21.4. The number of rotatable bonds is 5. The van der Waals surface area contributed by atoms with Crippen molar-refractivity contribution in [2.75, 3.05) is 5.32 Å². The van der Waals surface area contributed by atoms with Gasteiger partial charge >= 0.3 is 5.97 Å². The van der Waals surface area contributed by atoms with E-state index in [1.165, 1.54) is 24.3 Å². The summed E-state index contributed by atoms with van der Waals surface area (Å²) in [6, 6.07) is 13.1. The molecule has 0 fully saturated rings. The van der Waals surface area contributed by atoms with E-state index in [4.69, 9.17) is 4.74 Å². The van der Waals surface area contributed by atoms with Gasteiger partial charge < -0.3 is 15.2 Å². The molecular formula is C23H20FNO4S. The number of carboxylic acid groups (broad SMARTS) is 1. The Bertz CT molecular complexity index is 1120. The lowest BCUT2D eigenvalue weighted by molar-refractivity contribution is -0.116. The quantitative estimate of drug-likeness (QED) is 0.565. The van der Waals surface area contributed by atoms with Gasteiger partial charge in [-0.3, -0.25) is 4.79 Å². The number of thiophene rings is 1. The van der Waals surface area contributed by atoms with Gasteiger partial charge in [0.25, 0.3) is 0 Å². The summed E-state index contributed by atoms with van der Waals surface area (Å²) in [6.07, 6.45) is 0.219. The van der Waals surface area contributed by atoms with Gasteiger partial charge in [-0.05, 0) is 49.2 Å². The lowest BCUT2D eigenvalue weighted by atomic mass is 9.88. The zero-order valence-electron chi connectivity index (χ0n) is 16.4. The third-order valence-electron chi connectivity index (χ3n) is 4.87. The molecule has 3 aromatic rings. The number of amides is 1. The van der Waals surface area contributed by atoms with Crippen molar-refractivity contribution in [3.63, 3.8) is 0 Å². The first-order valence-electron chi connectivity index (χ1n) is 9.56. The molecule has 0 bridgehead atoms. The molecule has 1 atom stereocenters. The minimum Gasteiger partial charge on any atom is -0.491 e. The first-order chi connectivity index (χ1) is 14.3. The van der Waals surface area contributed by atoms with Crippen LogP contribution in [0.15, 0.2) is 48.5 Å². The minimum atomic E-state index is -1.08. The molecule has 2 heterocycles. The first-order valence-corrected chi connectivity index (χ1v) is 10.4. The van der Waals surface area contributed by atoms with Gasteiger partial charge in [0.05, 0.1) is 11.8 Å². The van der Waals surface area contributed by atoms with Gasteiger partial charge in [0, 0.05) is 22.8 Å². The van der Waals surface area contributed by atoms with Crippen LogP contribution in [0.4, 0.5) is 10.1 Å². The first kappa shape index (κ1) is 20.1. The summed E-state index contributed by atoms with van der Waals surface area (Å²) >= 11 is 1.14. The summed E-state index contributed by atoms with van der Waals surface area (Å²) in [5.74, 6) is -1.28. The molecule has 2 N–H and O–H groups in total. The van der Waals surface area contributed by atoms with Crippen molar-refractivity contribution in [3.8, 4) is 16.9 Å². The number of carbonyl (C=O) groups excluding carboxylic acids is 1. The highest BCUT2D eigenvalue weighted by molar-refractivity contribution is 7.15. The molecule has 0 saturated carbocycles. The number of carboxylic acids is 1. The van der Waals surface area contributed by atoms with Crippen LogP contribution < -0.4 is 10.1 Å². The summed E-state index contributed by atoms with van der Waals surface area (Å²) < 4.78 is 19.2. The fraction of sp³-hybridized carbons (Fsp3) is 0.217. The number of halogens is 1. The lowest BCUT2D eigenvalue weighted by Crippen LogP contribution is -2.22. The Kier molecular flexibility index (Phi) is 5.30. The van der Waals surface area contributed by atoms with E-state index in [2.05, 4.69) is 5.32 Å². The summed E-state index contributed by atoms with van der Waals surface area (Å²) in [7, 11) is 0. The number of hydrogen-bond donors (Lipinski definition) is 2. The second-order valence-corrected chi connectivity index (χ2v) is 8.45. The van der Waals surface area contributed by atoms with Gasteiger partial charge in [-0.25, -0.2) is 9.18 Å². The van der Waals surface area contributed by atoms with Crippen LogP contribution in [-0.2, 0) is 4.79 Å². The van der Waals surface area contributed by atoms with E-state index in [1.807, 2.05) is 38.1 Å². The van der Waals surface area contributed by atoms with E-state index >= 15 is 0 Å². The standard InChI is InChI=1S/C23H20FNO4S/c1-12(2)29-16-5-3-4-14(10-16)17-11-18(26)25-20-19(13-6-8-15(24)9-7-13)22(23(27)28)30-21(17)20/h3-10,12,17H,11H2,1-2H3,(H,25,26)(H,27,28)/t17-/m0/s1. The van der Waals surface area contributed by atoms with Crippen LogP contribution >= 0.6 is 11.3 Å². The molecule has 1 aliphatic rings. The van der Waals surface area contributed by atoms with Crippen molar-refractivity contribution < 1.29 is 23.8 Å². The van der Waals surface area contributed by atoms with Crippen LogP contribution in [0.3, 0.4) is 0 Å². The number of carbonyl (C=O) groups is 2. The fourth-order valence-electron chi connectivity index (χ4n) is 3.68. The largest absolute Gasteiger partial charge is 0.491 e. The molecule has 0 aliphatic carbocycles. The number of nitrogens with one attached hydrogen (secondary N) is 1. The molecule has 154 valence electrons. The van der Waals surface area contributed by atoms with Crippen LogP contribution in [0.2, 0.25) is 0 Å². The normalized spacial score (nSPS) is 15.6. The Labute approximate surface area is 177 Å². The average Bonchev–Trinajstić information content (AvgIpc) is 3.07. The second kappa shape index (κ2) is 7.91. The second-order valence-electron chi connectivity index (χ2n) is 7.40. The Morgan fingerprint density at radius 1 is 1.23 bits per heavy atom. The average molecular weight is 425 g/mol.